The third kappa shape index (κ3) is 5.30. The third-order valence-electron chi connectivity index (χ3n) is 2.43. The summed E-state index contributed by atoms with van der Waals surface area (Å²) in [7, 11) is 0. The molecule has 4 heteroatoms. The van der Waals surface area contributed by atoms with Crippen molar-refractivity contribution in [1.82, 2.24) is 0 Å². The zero-order valence-electron chi connectivity index (χ0n) is 10.6. The Morgan fingerprint density at radius 2 is 2.17 bits per heavy atom. The lowest BCUT2D eigenvalue weighted by atomic mass is 10.1. The summed E-state index contributed by atoms with van der Waals surface area (Å²) in [5.74, 6) is -0.671. The predicted octanol–water partition coefficient (Wildman–Crippen LogP) is 1.84. The number of hydrogen-bond acceptors (Lipinski definition) is 1. The number of nitrogens with two attached hydrogens (primary N) is 2. The van der Waals surface area contributed by atoms with Gasteiger partial charge in [-0.15, -0.1) is 0 Å². The molecule has 0 aliphatic carbocycles. The van der Waals surface area contributed by atoms with Crippen molar-refractivity contribution >= 4 is 17.9 Å². The number of benzene rings is 1. The lowest BCUT2D eigenvalue weighted by molar-refractivity contribution is -0.113. The molecule has 1 aromatic rings. The Labute approximate surface area is 107 Å². The molecule has 0 bridgehead atoms. The predicted molar refractivity (Wildman–Crippen MR) is 74.9 cm³/mol. The van der Waals surface area contributed by atoms with Crippen LogP contribution < -0.4 is 11.5 Å². The number of guanidine groups is 1. The summed E-state index contributed by atoms with van der Waals surface area (Å²) in [6.07, 6.45) is 6.46. The van der Waals surface area contributed by atoms with Crippen LogP contribution in [0.15, 0.2) is 35.3 Å². The summed E-state index contributed by atoms with van der Waals surface area (Å²) in [6.45, 7) is 2.16. The normalized spacial score (nSPS) is 10.5. The lowest BCUT2D eigenvalue weighted by Crippen LogP contribution is -2.23. The highest BCUT2D eigenvalue weighted by molar-refractivity contribution is 5.99. The first-order chi connectivity index (χ1) is 8.61. The Morgan fingerprint density at radius 3 is 2.83 bits per heavy atom. The first-order valence-electron chi connectivity index (χ1n) is 6.02. The molecule has 0 aromatic heterocycles. The zero-order chi connectivity index (χ0) is 13.4. The summed E-state index contributed by atoms with van der Waals surface area (Å²) in [5.41, 5.74) is 12.5. The largest absolute Gasteiger partial charge is 0.370 e. The fourth-order valence-electron chi connectivity index (χ4n) is 1.57. The summed E-state index contributed by atoms with van der Waals surface area (Å²) in [4.78, 5) is 14.7. The van der Waals surface area contributed by atoms with Gasteiger partial charge in [-0.1, -0.05) is 37.6 Å². The number of nitrogens with zero attached hydrogens (tertiary/aromatic N) is 1. The molecule has 0 saturated carbocycles. The summed E-state index contributed by atoms with van der Waals surface area (Å²) in [6, 6.07) is 8.07. The molecule has 0 radical (unpaired) electrons. The van der Waals surface area contributed by atoms with Crippen LogP contribution >= 0.6 is 0 Å². The van der Waals surface area contributed by atoms with E-state index in [0.717, 1.165) is 12.0 Å². The lowest BCUT2D eigenvalue weighted by Gasteiger charge is -2.01. The number of amides is 1. The van der Waals surface area contributed by atoms with E-state index in [1.165, 1.54) is 24.5 Å². The molecule has 0 heterocycles. The number of carbonyl (C=O) groups is 1. The van der Waals surface area contributed by atoms with Gasteiger partial charge in [0.15, 0.2) is 5.96 Å². The van der Waals surface area contributed by atoms with E-state index in [0.29, 0.717) is 0 Å². The summed E-state index contributed by atoms with van der Waals surface area (Å²) < 4.78 is 0. The van der Waals surface area contributed by atoms with Crippen molar-refractivity contribution in [2.24, 2.45) is 16.5 Å². The third-order valence-corrected chi connectivity index (χ3v) is 2.43. The molecule has 0 spiro atoms. The Kier molecular flexibility index (Phi) is 5.64. The van der Waals surface area contributed by atoms with Gasteiger partial charge in [-0.25, -0.2) is 0 Å². The minimum atomic E-state index is -0.450. The molecule has 0 saturated heterocycles. The van der Waals surface area contributed by atoms with E-state index in [9.17, 15) is 4.79 Å². The molecule has 4 nitrogen and oxygen atoms in total. The number of hydrogen-bond donors (Lipinski definition) is 2. The van der Waals surface area contributed by atoms with Crippen LogP contribution in [0.2, 0.25) is 0 Å². The minimum Gasteiger partial charge on any atom is -0.370 e. The molecule has 1 rings (SSSR count). The summed E-state index contributed by atoms with van der Waals surface area (Å²) >= 11 is 0. The van der Waals surface area contributed by atoms with Crippen LogP contribution in [-0.2, 0) is 11.2 Å². The number of unbranched alkanes of at least 4 members (excludes halogenated alkanes) is 1. The van der Waals surface area contributed by atoms with Crippen molar-refractivity contribution in [3.63, 3.8) is 0 Å². The van der Waals surface area contributed by atoms with E-state index in [4.69, 9.17) is 11.5 Å². The van der Waals surface area contributed by atoms with Crippen LogP contribution in [0.4, 0.5) is 0 Å². The van der Waals surface area contributed by atoms with Gasteiger partial charge in [-0.3, -0.25) is 4.79 Å². The van der Waals surface area contributed by atoms with E-state index in [1.54, 1.807) is 6.08 Å². The maximum Gasteiger partial charge on any atom is 0.272 e. The second kappa shape index (κ2) is 7.27. The molecule has 0 aliphatic rings. The first kappa shape index (κ1) is 14.0. The molecular weight excluding hydrogens is 226 g/mol. The van der Waals surface area contributed by atoms with Gasteiger partial charge in [0.25, 0.3) is 5.91 Å². The van der Waals surface area contributed by atoms with E-state index < -0.39 is 5.91 Å². The van der Waals surface area contributed by atoms with Crippen LogP contribution in [0.5, 0.6) is 0 Å². The Bertz CT molecular complexity index is 460. The smallest absolute Gasteiger partial charge is 0.272 e. The highest BCUT2D eigenvalue weighted by Crippen LogP contribution is 2.10. The SMILES string of the molecule is CCCCc1cccc(C=CC(=O)N=C(N)N)c1. The molecule has 96 valence electrons. The second-order valence-corrected chi connectivity index (χ2v) is 4.06. The van der Waals surface area contributed by atoms with Gasteiger partial charge in [0.2, 0.25) is 0 Å². The molecule has 4 N–H and O–H groups in total. The molecule has 0 unspecified atom stereocenters. The first-order valence-corrected chi connectivity index (χ1v) is 6.02. The monoisotopic (exact) mass is 245 g/mol. The van der Waals surface area contributed by atoms with Crippen molar-refractivity contribution in [2.75, 3.05) is 0 Å². The number of carbonyl (C=O) groups excluding carboxylic acids is 1. The van der Waals surface area contributed by atoms with Gasteiger partial charge in [0.05, 0.1) is 0 Å². The van der Waals surface area contributed by atoms with Gasteiger partial charge in [-0.05, 0) is 30.0 Å². The van der Waals surface area contributed by atoms with E-state index >= 15 is 0 Å². The van der Waals surface area contributed by atoms with Crippen molar-refractivity contribution < 1.29 is 4.79 Å². The quantitative estimate of drug-likeness (QED) is 0.472. The highest BCUT2D eigenvalue weighted by atomic mass is 16.1. The highest BCUT2D eigenvalue weighted by Gasteiger charge is 1.95. The van der Waals surface area contributed by atoms with Gasteiger partial charge in [0.1, 0.15) is 0 Å². The van der Waals surface area contributed by atoms with Crippen LogP contribution in [0.25, 0.3) is 6.08 Å². The van der Waals surface area contributed by atoms with Crippen molar-refractivity contribution in [3.8, 4) is 0 Å². The standard InChI is InChI=1S/C14H19N3O/c1-2-3-5-11-6-4-7-12(10-11)8-9-13(18)17-14(15)16/h4,6-10H,2-3,5H2,1H3,(H4,15,16,17,18). The van der Waals surface area contributed by atoms with Crippen molar-refractivity contribution in [3.05, 3.63) is 41.5 Å². The van der Waals surface area contributed by atoms with Crippen molar-refractivity contribution in [2.45, 2.75) is 26.2 Å². The minimum absolute atomic E-state index is 0.221. The molecule has 1 aromatic carbocycles. The van der Waals surface area contributed by atoms with Gasteiger partial charge >= 0.3 is 0 Å². The number of aryl methyl sites for hydroxylation is 1. The fourth-order valence-corrected chi connectivity index (χ4v) is 1.57. The topological polar surface area (TPSA) is 81.5 Å². The van der Waals surface area contributed by atoms with Gasteiger partial charge in [0, 0.05) is 6.08 Å². The Balaban J connectivity index is 2.69. The average Bonchev–Trinajstić information content (AvgIpc) is 2.33. The molecule has 0 aliphatic heterocycles. The fraction of sp³-hybridized carbons (Fsp3) is 0.286. The van der Waals surface area contributed by atoms with E-state index in [2.05, 4.69) is 24.0 Å². The number of aliphatic imine (C=N–C) groups is 1. The van der Waals surface area contributed by atoms with Crippen molar-refractivity contribution in [1.29, 1.82) is 0 Å². The summed E-state index contributed by atoms with van der Waals surface area (Å²) in [5, 5.41) is 0. The van der Waals surface area contributed by atoms with Crippen LogP contribution in [0.1, 0.15) is 30.9 Å². The second-order valence-electron chi connectivity index (χ2n) is 4.06. The van der Waals surface area contributed by atoms with Gasteiger partial charge in [-0.2, -0.15) is 4.99 Å². The number of rotatable bonds is 5. The molecule has 18 heavy (non-hydrogen) atoms. The van der Waals surface area contributed by atoms with Crippen LogP contribution in [-0.4, -0.2) is 11.9 Å². The molecule has 0 atom stereocenters. The maximum atomic E-state index is 11.2. The van der Waals surface area contributed by atoms with E-state index in [1.807, 2.05) is 12.1 Å². The molecule has 0 fully saturated rings. The van der Waals surface area contributed by atoms with Crippen LogP contribution in [0.3, 0.4) is 0 Å². The van der Waals surface area contributed by atoms with Crippen LogP contribution in [0, 0.1) is 0 Å². The maximum absolute atomic E-state index is 11.2. The Hall–Kier alpha value is -2.10. The van der Waals surface area contributed by atoms with Gasteiger partial charge < -0.3 is 11.5 Å². The van der Waals surface area contributed by atoms with E-state index in [-0.39, 0.29) is 5.96 Å². The molecular formula is C14H19N3O. The average molecular weight is 245 g/mol. The zero-order valence-corrected chi connectivity index (χ0v) is 10.6. The molecule has 1 amide bonds. The Morgan fingerprint density at radius 1 is 1.39 bits per heavy atom.